The van der Waals surface area contributed by atoms with Crippen molar-refractivity contribution >= 4 is 27.0 Å². The van der Waals surface area contributed by atoms with Gasteiger partial charge in [-0.25, -0.2) is 9.97 Å². The number of fused-ring (bicyclic) bond motifs is 1. The molecule has 0 aliphatic rings. The second-order valence-corrected chi connectivity index (χ2v) is 4.78. The Bertz CT molecular complexity index is 696. The highest BCUT2D eigenvalue weighted by molar-refractivity contribution is 9.10. The van der Waals surface area contributed by atoms with Crippen LogP contribution in [-0.4, -0.2) is 19.5 Å². The van der Waals surface area contributed by atoms with Gasteiger partial charge >= 0.3 is 0 Å². The fourth-order valence-electron chi connectivity index (χ4n) is 1.95. The van der Waals surface area contributed by atoms with Gasteiger partial charge in [0.15, 0.2) is 0 Å². The van der Waals surface area contributed by atoms with Gasteiger partial charge in [0.1, 0.15) is 16.1 Å². The first kappa shape index (κ1) is 10.5. The largest absolute Gasteiger partial charge is 0.339 e. The van der Waals surface area contributed by atoms with E-state index in [0.717, 1.165) is 32.7 Å². The number of imidazole rings is 2. The van der Waals surface area contributed by atoms with Crippen molar-refractivity contribution in [1.29, 1.82) is 0 Å². The predicted molar refractivity (Wildman–Crippen MR) is 70.7 cm³/mol. The van der Waals surface area contributed by atoms with Gasteiger partial charge in [-0.15, -0.1) is 0 Å². The number of aromatic nitrogens is 4. The van der Waals surface area contributed by atoms with Gasteiger partial charge in [-0.3, -0.25) is 0 Å². The molecule has 0 saturated heterocycles. The van der Waals surface area contributed by atoms with Gasteiger partial charge < -0.3 is 9.55 Å². The first-order valence-corrected chi connectivity index (χ1v) is 6.08. The highest BCUT2D eigenvalue weighted by atomic mass is 79.9. The summed E-state index contributed by atoms with van der Waals surface area (Å²) < 4.78 is 2.98. The molecule has 0 fully saturated rings. The summed E-state index contributed by atoms with van der Waals surface area (Å²) in [6.07, 6.45) is 1.67. The number of H-pyrrole nitrogens is 1. The number of halogens is 1. The molecule has 0 saturated carbocycles. The molecule has 3 rings (SSSR count). The van der Waals surface area contributed by atoms with Crippen LogP contribution in [0.1, 0.15) is 5.82 Å². The van der Waals surface area contributed by atoms with Crippen LogP contribution in [0, 0.1) is 6.92 Å². The minimum absolute atomic E-state index is 0.893. The molecule has 0 spiro atoms. The lowest BCUT2D eigenvalue weighted by molar-refractivity contribution is 0.886. The van der Waals surface area contributed by atoms with Crippen LogP contribution >= 0.6 is 15.9 Å². The third kappa shape index (κ3) is 1.58. The van der Waals surface area contributed by atoms with E-state index in [1.807, 2.05) is 14.0 Å². The maximum absolute atomic E-state index is 4.52. The van der Waals surface area contributed by atoms with Gasteiger partial charge in [0, 0.05) is 12.6 Å². The molecule has 0 unspecified atom stereocenters. The molecule has 86 valence electrons. The predicted octanol–water partition coefficient (Wildman–Crippen LogP) is 3.03. The lowest BCUT2D eigenvalue weighted by Gasteiger charge is -1.99. The van der Waals surface area contributed by atoms with Crippen LogP contribution in [0.4, 0.5) is 0 Å². The summed E-state index contributed by atoms with van der Waals surface area (Å²) in [6, 6.07) is 6.19. The summed E-state index contributed by atoms with van der Waals surface area (Å²) in [5.74, 6) is 1.01. The fourth-order valence-corrected chi connectivity index (χ4v) is 2.38. The van der Waals surface area contributed by atoms with Crippen molar-refractivity contribution < 1.29 is 0 Å². The Hall–Kier alpha value is -1.62. The fraction of sp³-hybridized carbons (Fsp3) is 0.167. The highest BCUT2D eigenvalue weighted by Crippen LogP contribution is 2.27. The molecule has 3 aromatic rings. The van der Waals surface area contributed by atoms with Gasteiger partial charge in [-0.2, -0.15) is 0 Å². The van der Waals surface area contributed by atoms with Gasteiger partial charge in [-0.1, -0.05) is 6.07 Å². The van der Waals surface area contributed by atoms with E-state index < -0.39 is 0 Å². The van der Waals surface area contributed by atoms with Crippen molar-refractivity contribution in [2.45, 2.75) is 6.92 Å². The Balaban J connectivity index is 2.24. The van der Waals surface area contributed by atoms with Gasteiger partial charge in [0.25, 0.3) is 0 Å². The summed E-state index contributed by atoms with van der Waals surface area (Å²) in [4.78, 5) is 11.8. The third-order valence-corrected chi connectivity index (χ3v) is 3.58. The first-order chi connectivity index (χ1) is 8.16. The van der Waals surface area contributed by atoms with Crippen molar-refractivity contribution in [3.8, 4) is 11.3 Å². The Kier molecular flexibility index (Phi) is 2.29. The van der Waals surface area contributed by atoms with E-state index in [2.05, 4.69) is 53.6 Å². The quantitative estimate of drug-likeness (QED) is 0.749. The number of nitrogens with zero attached hydrogens (tertiary/aromatic N) is 3. The van der Waals surface area contributed by atoms with Crippen molar-refractivity contribution in [3.05, 3.63) is 35.0 Å². The summed E-state index contributed by atoms with van der Waals surface area (Å²) in [6.45, 7) is 2.00. The van der Waals surface area contributed by atoms with Crippen LogP contribution in [-0.2, 0) is 7.05 Å². The Morgan fingerprint density at radius 2 is 2.18 bits per heavy atom. The van der Waals surface area contributed by atoms with E-state index in [-0.39, 0.29) is 0 Å². The summed E-state index contributed by atoms with van der Waals surface area (Å²) in [7, 11) is 2.02. The average Bonchev–Trinajstić information content (AvgIpc) is 2.84. The van der Waals surface area contributed by atoms with E-state index in [9.17, 15) is 0 Å². The number of rotatable bonds is 1. The minimum atomic E-state index is 0.893. The van der Waals surface area contributed by atoms with Crippen molar-refractivity contribution in [2.24, 2.45) is 7.05 Å². The normalized spacial score (nSPS) is 11.2. The highest BCUT2D eigenvalue weighted by Gasteiger charge is 2.09. The molecule has 0 amide bonds. The number of benzene rings is 1. The van der Waals surface area contributed by atoms with Crippen LogP contribution < -0.4 is 0 Å². The molecular weight excluding hydrogens is 280 g/mol. The number of nitrogens with one attached hydrogen (secondary N) is 1. The average molecular weight is 291 g/mol. The monoisotopic (exact) mass is 290 g/mol. The van der Waals surface area contributed by atoms with Crippen molar-refractivity contribution in [2.75, 3.05) is 0 Å². The van der Waals surface area contributed by atoms with Gasteiger partial charge in [-0.05, 0) is 35.0 Å². The molecule has 17 heavy (non-hydrogen) atoms. The maximum Gasteiger partial charge on any atom is 0.110 e. The van der Waals surface area contributed by atoms with Gasteiger partial charge in [0.2, 0.25) is 0 Å². The zero-order valence-corrected chi connectivity index (χ0v) is 11.1. The summed E-state index contributed by atoms with van der Waals surface area (Å²) in [5.41, 5.74) is 4.11. The van der Waals surface area contributed by atoms with Crippen LogP contribution in [0.3, 0.4) is 0 Å². The summed E-state index contributed by atoms with van der Waals surface area (Å²) in [5, 5.41) is 0. The zero-order valence-electron chi connectivity index (χ0n) is 9.53. The van der Waals surface area contributed by atoms with Crippen molar-refractivity contribution in [1.82, 2.24) is 19.5 Å². The second kappa shape index (κ2) is 3.70. The first-order valence-electron chi connectivity index (χ1n) is 5.29. The Morgan fingerprint density at radius 3 is 2.88 bits per heavy atom. The minimum Gasteiger partial charge on any atom is -0.339 e. The Morgan fingerprint density at radius 1 is 1.35 bits per heavy atom. The number of aryl methyl sites for hydroxylation is 2. The zero-order chi connectivity index (χ0) is 12.0. The molecule has 0 radical (unpaired) electrons. The standard InChI is InChI=1S/C12H11BrN4/c1-7-16-9-5-8(3-4-10(9)17(7)2)11-12(13)15-6-14-11/h3-6H,1-2H3,(H,14,15). The molecule has 0 atom stereocenters. The number of aromatic amines is 1. The van der Waals surface area contributed by atoms with Gasteiger partial charge in [0.05, 0.1) is 17.4 Å². The molecule has 2 heterocycles. The van der Waals surface area contributed by atoms with Crippen LogP contribution in [0.2, 0.25) is 0 Å². The lowest BCUT2D eigenvalue weighted by atomic mass is 10.1. The molecule has 0 bridgehead atoms. The molecule has 0 aliphatic heterocycles. The second-order valence-electron chi connectivity index (χ2n) is 3.99. The molecule has 2 aromatic heterocycles. The lowest BCUT2D eigenvalue weighted by Crippen LogP contribution is -1.89. The van der Waals surface area contributed by atoms with Crippen LogP contribution in [0.25, 0.3) is 22.3 Å². The van der Waals surface area contributed by atoms with Crippen LogP contribution in [0.5, 0.6) is 0 Å². The smallest absolute Gasteiger partial charge is 0.110 e. The van der Waals surface area contributed by atoms with Crippen molar-refractivity contribution in [3.63, 3.8) is 0 Å². The van der Waals surface area contributed by atoms with E-state index in [0.29, 0.717) is 0 Å². The third-order valence-electron chi connectivity index (χ3n) is 2.97. The van der Waals surface area contributed by atoms with Crippen LogP contribution in [0.15, 0.2) is 29.1 Å². The van der Waals surface area contributed by atoms with E-state index in [1.54, 1.807) is 6.33 Å². The maximum atomic E-state index is 4.52. The number of hydrogen-bond acceptors (Lipinski definition) is 2. The van der Waals surface area contributed by atoms with E-state index >= 15 is 0 Å². The number of hydrogen-bond donors (Lipinski definition) is 1. The molecule has 1 aromatic carbocycles. The van der Waals surface area contributed by atoms with E-state index in [1.165, 1.54) is 0 Å². The topological polar surface area (TPSA) is 46.5 Å². The Labute approximate surface area is 107 Å². The molecular formula is C12H11BrN4. The summed E-state index contributed by atoms with van der Waals surface area (Å²) >= 11 is 3.44. The molecule has 4 nitrogen and oxygen atoms in total. The SMILES string of the molecule is Cc1nc2cc(-c3nc[nH]c3Br)ccc2n1C. The molecule has 5 heteroatoms. The molecule has 1 N–H and O–H groups in total. The van der Waals surface area contributed by atoms with E-state index in [4.69, 9.17) is 0 Å². The molecule has 0 aliphatic carbocycles.